The average Bonchev–Trinajstić information content (AvgIpc) is 3.01. The topological polar surface area (TPSA) is 66.8 Å². The molecule has 3 aromatic carbocycles. The second-order valence-electron chi connectivity index (χ2n) is 9.85. The van der Waals surface area contributed by atoms with Gasteiger partial charge in [-0.25, -0.2) is 0 Å². The van der Waals surface area contributed by atoms with E-state index < -0.39 is 11.4 Å². The van der Waals surface area contributed by atoms with Crippen molar-refractivity contribution in [3.8, 4) is 28.7 Å². The van der Waals surface area contributed by atoms with Gasteiger partial charge in [-0.2, -0.15) is 0 Å². The summed E-state index contributed by atoms with van der Waals surface area (Å²) in [6.45, 7) is 9.87. The molecule has 0 spiro atoms. The number of fused-ring (bicyclic) bond motifs is 1. The normalized spacial score (nSPS) is 14.6. The number of amides is 1. The Kier molecular flexibility index (Phi) is 6.90. The van der Waals surface area contributed by atoms with Gasteiger partial charge in [-0.15, -0.1) is 5.92 Å². The van der Waals surface area contributed by atoms with Crippen molar-refractivity contribution in [1.82, 2.24) is 0 Å². The van der Waals surface area contributed by atoms with Gasteiger partial charge in [0.2, 0.25) is 5.91 Å². The zero-order valence-electron chi connectivity index (χ0n) is 21.4. The van der Waals surface area contributed by atoms with E-state index in [1.165, 1.54) is 11.1 Å². The number of hydrogen-bond donors (Lipinski definition) is 1. The first-order valence-electron chi connectivity index (χ1n) is 12.0. The first-order valence-corrected chi connectivity index (χ1v) is 12.0. The average molecular weight is 482 g/mol. The molecule has 0 fully saturated rings. The van der Waals surface area contributed by atoms with Crippen LogP contribution in [0.1, 0.15) is 55.4 Å². The maximum atomic E-state index is 13.4. The summed E-state index contributed by atoms with van der Waals surface area (Å²) in [4.78, 5) is 26.2. The van der Waals surface area contributed by atoms with Crippen LogP contribution in [0.2, 0.25) is 0 Å². The predicted octanol–water partition coefficient (Wildman–Crippen LogP) is 6.21. The van der Waals surface area contributed by atoms with Gasteiger partial charge >= 0.3 is 5.97 Å². The Labute approximate surface area is 212 Å². The van der Waals surface area contributed by atoms with Gasteiger partial charge in [-0.3, -0.25) is 14.5 Å². The Morgan fingerprint density at radius 2 is 1.67 bits per heavy atom. The third-order valence-corrected chi connectivity index (χ3v) is 6.64. The fourth-order valence-corrected chi connectivity index (χ4v) is 4.82. The third kappa shape index (κ3) is 4.99. The number of carboxylic acid groups (broad SMARTS) is 1. The quantitative estimate of drug-likeness (QED) is 0.407. The molecular formula is C31H31NO4. The molecule has 5 nitrogen and oxygen atoms in total. The number of nitrogens with zero attached hydrogens (tertiary/aromatic N) is 1. The van der Waals surface area contributed by atoms with Gasteiger partial charge in [-0.1, -0.05) is 53.4 Å². The summed E-state index contributed by atoms with van der Waals surface area (Å²) in [5, 5.41) is 9.16. The molecule has 1 aliphatic heterocycles. The number of carbonyl (C=O) groups is 2. The zero-order chi connectivity index (χ0) is 26.0. The van der Waals surface area contributed by atoms with E-state index in [2.05, 4.69) is 56.0 Å². The minimum atomic E-state index is -0.891. The van der Waals surface area contributed by atoms with Gasteiger partial charge in [0.1, 0.15) is 5.75 Å². The molecule has 0 radical (unpaired) electrons. The van der Waals surface area contributed by atoms with Crippen molar-refractivity contribution >= 4 is 17.6 Å². The monoisotopic (exact) mass is 481 g/mol. The van der Waals surface area contributed by atoms with Gasteiger partial charge in [0, 0.05) is 0 Å². The first-order chi connectivity index (χ1) is 17.1. The van der Waals surface area contributed by atoms with Gasteiger partial charge in [-0.05, 0) is 81.1 Å². The van der Waals surface area contributed by atoms with E-state index in [0.717, 1.165) is 27.9 Å². The highest BCUT2D eigenvalue weighted by atomic mass is 16.5. The largest absolute Gasteiger partial charge is 0.481 e. The molecule has 1 unspecified atom stereocenters. The van der Waals surface area contributed by atoms with Crippen molar-refractivity contribution in [2.24, 2.45) is 0 Å². The van der Waals surface area contributed by atoms with E-state index in [0.29, 0.717) is 5.75 Å². The Hall–Kier alpha value is -4.04. The number of carbonyl (C=O) groups excluding carboxylic acids is 1. The van der Waals surface area contributed by atoms with Crippen molar-refractivity contribution in [2.45, 2.75) is 52.4 Å². The second kappa shape index (κ2) is 9.91. The molecule has 1 N–H and O–H groups in total. The molecule has 3 aromatic rings. The van der Waals surface area contributed by atoms with Crippen LogP contribution >= 0.6 is 0 Å². The Bertz CT molecular complexity index is 1360. The van der Waals surface area contributed by atoms with Gasteiger partial charge in [0.05, 0.1) is 23.4 Å². The van der Waals surface area contributed by atoms with Crippen molar-refractivity contribution in [3.05, 3.63) is 82.9 Å². The van der Waals surface area contributed by atoms with E-state index >= 15 is 0 Å². The molecule has 0 aromatic heterocycles. The third-order valence-electron chi connectivity index (χ3n) is 6.64. The summed E-state index contributed by atoms with van der Waals surface area (Å²) in [7, 11) is 0. The second-order valence-corrected chi connectivity index (χ2v) is 9.85. The minimum Gasteiger partial charge on any atom is -0.481 e. The Morgan fingerprint density at radius 3 is 2.28 bits per heavy atom. The van der Waals surface area contributed by atoms with Crippen molar-refractivity contribution in [3.63, 3.8) is 0 Å². The molecule has 36 heavy (non-hydrogen) atoms. The number of aliphatic carboxylic acids is 1. The SMILES string of the molecule is CC#CC(CC(=O)O)c1ccc(OCN2C(=O)C(C)(C)c3cc(-c4cc(C)cc(C)c4)ccc32)cc1. The fourth-order valence-electron chi connectivity index (χ4n) is 4.82. The fraction of sp³-hybridized carbons (Fsp3) is 0.290. The van der Waals surface area contributed by atoms with Crippen molar-refractivity contribution in [2.75, 3.05) is 11.6 Å². The van der Waals surface area contributed by atoms with Crippen LogP contribution in [0, 0.1) is 25.7 Å². The van der Waals surface area contributed by atoms with E-state index in [-0.39, 0.29) is 25.0 Å². The smallest absolute Gasteiger partial charge is 0.304 e. The van der Waals surface area contributed by atoms with Crippen LogP contribution in [0.25, 0.3) is 11.1 Å². The molecule has 4 rings (SSSR count). The van der Waals surface area contributed by atoms with Crippen LogP contribution in [0.4, 0.5) is 5.69 Å². The number of aryl methyl sites for hydroxylation is 2. The van der Waals surface area contributed by atoms with Crippen molar-refractivity contribution in [1.29, 1.82) is 0 Å². The molecular weight excluding hydrogens is 450 g/mol. The molecule has 1 heterocycles. The number of carboxylic acids is 1. The summed E-state index contributed by atoms with van der Waals surface area (Å²) in [6.07, 6.45) is -0.0563. The van der Waals surface area contributed by atoms with E-state index in [9.17, 15) is 9.59 Å². The number of ether oxygens (including phenoxy) is 1. The van der Waals surface area contributed by atoms with Crippen LogP contribution in [0.15, 0.2) is 60.7 Å². The standard InChI is InChI=1S/C31H31NO4/c1-6-7-23(18-29(33)34)22-8-11-26(12-9-22)36-19-32-28-13-10-24(17-27(28)31(4,5)30(32)35)25-15-20(2)14-21(3)16-25/h8-17,23H,18-19H2,1-5H3,(H,33,34). The molecule has 184 valence electrons. The molecule has 1 atom stereocenters. The molecule has 0 bridgehead atoms. The summed E-state index contributed by atoms with van der Waals surface area (Å²) >= 11 is 0. The number of hydrogen-bond acceptors (Lipinski definition) is 3. The van der Waals surface area contributed by atoms with Crippen LogP contribution < -0.4 is 9.64 Å². The molecule has 1 aliphatic rings. The minimum absolute atomic E-state index is 0.00793. The van der Waals surface area contributed by atoms with Gasteiger partial charge < -0.3 is 9.84 Å². The molecule has 5 heteroatoms. The highest BCUT2D eigenvalue weighted by molar-refractivity contribution is 6.08. The molecule has 0 saturated carbocycles. The number of benzene rings is 3. The van der Waals surface area contributed by atoms with Crippen LogP contribution in [0.3, 0.4) is 0 Å². The summed E-state index contributed by atoms with van der Waals surface area (Å²) in [5.74, 6) is 5.08. The van der Waals surface area contributed by atoms with E-state index in [1.807, 2.05) is 32.0 Å². The predicted molar refractivity (Wildman–Crippen MR) is 142 cm³/mol. The number of rotatable bonds is 7. The maximum Gasteiger partial charge on any atom is 0.304 e. The van der Waals surface area contributed by atoms with E-state index in [1.54, 1.807) is 24.0 Å². The van der Waals surface area contributed by atoms with Crippen molar-refractivity contribution < 1.29 is 19.4 Å². The maximum absolute atomic E-state index is 13.4. The lowest BCUT2D eigenvalue weighted by Gasteiger charge is -2.21. The molecule has 0 aliphatic carbocycles. The highest BCUT2D eigenvalue weighted by Crippen LogP contribution is 2.43. The first kappa shape index (κ1) is 25.1. The number of anilines is 1. The van der Waals surface area contributed by atoms with Gasteiger partial charge in [0.15, 0.2) is 6.73 Å². The summed E-state index contributed by atoms with van der Waals surface area (Å²) in [5.41, 5.74) is 6.64. The Balaban J connectivity index is 1.55. The Morgan fingerprint density at radius 1 is 1.00 bits per heavy atom. The highest BCUT2D eigenvalue weighted by Gasteiger charge is 2.44. The van der Waals surface area contributed by atoms with E-state index in [4.69, 9.17) is 9.84 Å². The molecule has 0 saturated heterocycles. The zero-order valence-corrected chi connectivity index (χ0v) is 21.4. The van der Waals surface area contributed by atoms with Gasteiger partial charge in [0.25, 0.3) is 0 Å². The lowest BCUT2D eigenvalue weighted by molar-refractivity contribution is -0.137. The van der Waals surface area contributed by atoms with Crippen LogP contribution in [0.5, 0.6) is 5.75 Å². The summed E-state index contributed by atoms with van der Waals surface area (Å²) < 4.78 is 5.99. The molecule has 1 amide bonds. The van der Waals surface area contributed by atoms with Crippen LogP contribution in [-0.4, -0.2) is 23.7 Å². The lowest BCUT2D eigenvalue weighted by atomic mass is 9.84. The summed E-state index contributed by atoms with van der Waals surface area (Å²) in [6, 6.07) is 19.9. The van der Waals surface area contributed by atoms with Crippen LogP contribution in [-0.2, 0) is 15.0 Å². The lowest BCUT2D eigenvalue weighted by Crippen LogP contribution is -2.38.